The first-order chi connectivity index (χ1) is 5.92. The summed E-state index contributed by atoms with van der Waals surface area (Å²) in [5, 5.41) is 12.9. The molecule has 0 amide bonds. The maximum atomic E-state index is 8.82. The molecule has 0 saturated heterocycles. The lowest BCUT2D eigenvalue weighted by atomic mass is 10.1. The topological polar surface area (TPSA) is 54.5 Å². The van der Waals surface area contributed by atoms with Gasteiger partial charge in [0.15, 0.2) is 0 Å². The second kappa shape index (κ2) is 2.94. The van der Waals surface area contributed by atoms with Crippen LogP contribution in [0.2, 0.25) is 0 Å². The van der Waals surface area contributed by atoms with E-state index in [1.807, 2.05) is 0 Å². The summed E-state index contributed by atoms with van der Waals surface area (Å²) in [7, 11) is 0. The molecule has 4 heteroatoms. The van der Waals surface area contributed by atoms with Crippen LogP contribution in [0.4, 0.5) is 0 Å². The number of rotatable bonds is 1. The van der Waals surface area contributed by atoms with Crippen LogP contribution in [0.3, 0.4) is 0 Å². The predicted octanol–water partition coefficient (Wildman–Crippen LogP) is 1.14. The van der Waals surface area contributed by atoms with Crippen LogP contribution in [0, 0.1) is 17.2 Å². The Hall–Kier alpha value is -1.37. The van der Waals surface area contributed by atoms with E-state index in [0.29, 0.717) is 0 Å². The second-order valence-electron chi connectivity index (χ2n) is 3.11. The normalized spacial score (nSPS) is 28.6. The molecule has 0 aromatic carbocycles. The Morgan fingerprint density at radius 1 is 1.50 bits per heavy atom. The number of hydrogen-bond acceptors (Lipinski definition) is 3. The van der Waals surface area contributed by atoms with E-state index >= 15 is 0 Å². The molecule has 2 unspecified atom stereocenters. The first-order valence-electron chi connectivity index (χ1n) is 4.15. The molecule has 1 aromatic heterocycles. The van der Waals surface area contributed by atoms with Crippen molar-refractivity contribution in [1.29, 1.82) is 5.26 Å². The van der Waals surface area contributed by atoms with Gasteiger partial charge in [0.25, 0.3) is 0 Å². The fraction of sp³-hybridized carbons (Fsp3) is 0.625. The van der Waals surface area contributed by atoms with Gasteiger partial charge in [-0.1, -0.05) is 0 Å². The van der Waals surface area contributed by atoms with Crippen molar-refractivity contribution in [2.24, 2.45) is 5.92 Å². The first-order valence-corrected chi connectivity index (χ1v) is 4.15. The van der Waals surface area contributed by atoms with Gasteiger partial charge in [-0.25, -0.2) is 9.67 Å². The highest BCUT2D eigenvalue weighted by Crippen LogP contribution is 2.34. The zero-order chi connectivity index (χ0) is 8.39. The van der Waals surface area contributed by atoms with Crippen molar-refractivity contribution in [2.75, 3.05) is 0 Å². The van der Waals surface area contributed by atoms with Gasteiger partial charge in [0.05, 0.1) is 18.0 Å². The minimum atomic E-state index is 0.131. The van der Waals surface area contributed by atoms with Crippen LogP contribution in [0.1, 0.15) is 25.3 Å². The van der Waals surface area contributed by atoms with Gasteiger partial charge in [0.2, 0.25) is 0 Å². The van der Waals surface area contributed by atoms with Crippen LogP contribution in [0.15, 0.2) is 12.7 Å². The quantitative estimate of drug-likeness (QED) is 0.622. The maximum Gasteiger partial charge on any atom is 0.137 e. The van der Waals surface area contributed by atoms with Gasteiger partial charge in [-0.3, -0.25) is 0 Å². The van der Waals surface area contributed by atoms with Crippen LogP contribution >= 0.6 is 0 Å². The average molecular weight is 162 g/mol. The highest BCUT2D eigenvalue weighted by molar-refractivity contribution is 4.94. The molecule has 1 aliphatic carbocycles. The molecule has 1 aromatic rings. The largest absolute Gasteiger partial charge is 0.249 e. The summed E-state index contributed by atoms with van der Waals surface area (Å²) in [5.41, 5.74) is 0. The summed E-state index contributed by atoms with van der Waals surface area (Å²) >= 11 is 0. The second-order valence-corrected chi connectivity index (χ2v) is 3.11. The summed E-state index contributed by atoms with van der Waals surface area (Å²) < 4.78 is 1.81. The summed E-state index contributed by atoms with van der Waals surface area (Å²) in [6.07, 6.45) is 6.40. The molecular weight excluding hydrogens is 152 g/mol. The molecule has 0 N–H and O–H groups in total. The highest BCUT2D eigenvalue weighted by Gasteiger charge is 2.28. The Kier molecular flexibility index (Phi) is 1.78. The molecule has 0 radical (unpaired) electrons. The number of aromatic nitrogens is 3. The Morgan fingerprint density at radius 3 is 3.08 bits per heavy atom. The lowest BCUT2D eigenvalue weighted by Gasteiger charge is -2.11. The third kappa shape index (κ3) is 1.07. The third-order valence-corrected chi connectivity index (χ3v) is 2.42. The van der Waals surface area contributed by atoms with Crippen LogP contribution in [-0.2, 0) is 0 Å². The molecule has 0 aliphatic heterocycles. The van der Waals surface area contributed by atoms with Crippen molar-refractivity contribution in [2.45, 2.75) is 25.3 Å². The average Bonchev–Trinajstić information content (AvgIpc) is 2.74. The molecule has 2 rings (SSSR count). The maximum absolute atomic E-state index is 8.82. The third-order valence-electron chi connectivity index (χ3n) is 2.42. The molecule has 0 bridgehead atoms. The summed E-state index contributed by atoms with van der Waals surface area (Å²) in [6.45, 7) is 0. The van der Waals surface area contributed by atoms with Crippen molar-refractivity contribution in [3.8, 4) is 6.07 Å². The van der Waals surface area contributed by atoms with Gasteiger partial charge >= 0.3 is 0 Å². The van der Waals surface area contributed by atoms with E-state index in [0.717, 1.165) is 19.3 Å². The SMILES string of the molecule is N#CC1CCCC1n1cncn1. The Labute approximate surface area is 70.8 Å². The fourth-order valence-electron chi connectivity index (χ4n) is 1.80. The zero-order valence-corrected chi connectivity index (χ0v) is 6.72. The fourth-order valence-corrected chi connectivity index (χ4v) is 1.80. The summed E-state index contributed by atoms with van der Waals surface area (Å²) in [5.74, 6) is 0.131. The monoisotopic (exact) mass is 162 g/mol. The van der Waals surface area contributed by atoms with E-state index in [-0.39, 0.29) is 12.0 Å². The van der Waals surface area contributed by atoms with E-state index < -0.39 is 0 Å². The van der Waals surface area contributed by atoms with E-state index in [1.165, 1.54) is 6.33 Å². The molecular formula is C8H10N4. The number of nitriles is 1. The van der Waals surface area contributed by atoms with Crippen LogP contribution < -0.4 is 0 Å². The van der Waals surface area contributed by atoms with Gasteiger partial charge < -0.3 is 0 Å². The van der Waals surface area contributed by atoms with E-state index in [4.69, 9.17) is 5.26 Å². The van der Waals surface area contributed by atoms with Gasteiger partial charge in [-0.05, 0) is 19.3 Å². The van der Waals surface area contributed by atoms with E-state index in [9.17, 15) is 0 Å². The van der Waals surface area contributed by atoms with Gasteiger partial charge in [-0.15, -0.1) is 0 Å². The van der Waals surface area contributed by atoms with Gasteiger partial charge in [-0.2, -0.15) is 10.4 Å². The molecule has 1 fully saturated rings. The number of nitrogens with zero attached hydrogens (tertiary/aromatic N) is 4. The predicted molar refractivity (Wildman–Crippen MR) is 42.0 cm³/mol. The minimum absolute atomic E-state index is 0.131. The zero-order valence-electron chi connectivity index (χ0n) is 6.72. The summed E-state index contributed by atoms with van der Waals surface area (Å²) in [4.78, 5) is 3.88. The van der Waals surface area contributed by atoms with E-state index in [1.54, 1.807) is 11.0 Å². The van der Waals surface area contributed by atoms with Crippen molar-refractivity contribution in [3.63, 3.8) is 0 Å². The lowest BCUT2D eigenvalue weighted by Crippen LogP contribution is -2.12. The molecule has 0 spiro atoms. The molecule has 12 heavy (non-hydrogen) atoms. The van der Waals surface area contributed by atoms with Crippen molar-refractivity contribution < 1.29 is 0 Å². The number of hydrogen-bond donors (Lipinski definition) is 0. The van der Waals surface area contributed by atoms with Gasteiger partial charge in [0, 0.05) is 0 Å². The molecule has 2 atom stereocenters. The Bertz CT molecular complexity index is 285. The first kappa shape index (κ1) is 7.29. The van der Waals surface area contributed by atoms with Crippen molar-refractivity contribution in [1.82, 2.24) is 14.8 Å². The minimum Gasteiger partial charge on any atom is -0.249 e. The van der Waals surface area contributed by atoms with Gasteiger partial charge in [0.1, 0.15) is 12.7 Å². The van der Waals surface area contributed by atoms with Crippen LogP contribution in [0.5, 0.6) is 0 Å². The molecule has 1 aliphatic rings. The molecule has 4 nitrogen and oxygen atoms in total. The van der Waals surface area contributed by atoms with Crippen molar-refractivity contribution in [3.05, 3.63) is 12.7 Å². The Balaban J connectivity index is 2.20. The van der Waals surface area contributed by atoms with Crippen LogP contribution in [0.25, 0.3) is 0 Å². The van der Waals surface area contributed by atoms with Crippen molar-refractivity contribution >= 4 is 0 Å². The highest BCUT2D eigenvalue weighted by atomic mass is 15.3. The molecule has 62 valence electrons. The smallest absolute Gasteiger partial charge is 0.137 e. The lowest BCUT2D eigenvalue weighted by molar-refractivity contribution is 0.408. The molecule has 1 saturated carbocycles. The summed E-state index contributed by atoms with van der Waals surface area (Å²) in [6, 6.07) is 2.58. The Morgan fingerprint density at radius 2 is 2.42 bits per heavy atom. The standard InChI is InChI=1S/C8H10N4/c9-4-7-2-1-3-8(7)12-6-10-5-11-12/h5-8H,1-3H2. The van der Waals surface area contributed by atoms with E-state index in [2.05, 4.69) is 16.2 Å². The molecule has 1 heterocycles. The van der Waals surface area contributed by atoms with Crippen LogP contribution in [-0.4, -0.2) is 14.8 Å².